The summed E-state index contributed by atoms with van der Waals surface area (Å²) < 4.78 is 1.79. The highest BCUT2D eigenvalue weighted by molar-refractivity contribution is 7.98. The van der Waals surface area contributed by atoms with E-state index in [9.17, 15) is 14.9 Å². The number of nitro groups is 1. The number of fused-ring (bicyclic) bond motifs is 4. The summed E-state index contributed by atoms with van der Waals surface area (Å²) in [5, 5.41) is 11.7. The number of hydrogen-bond acceptors (Lipinski definition) is 5. The van der Waals surface area contributed by atoms with Crippen molar-refractivity contribution < 1.29 is 4.92 Å². The Labute approximate surface area is 209 Å². The largest absolute Gasteiger partial charge is 0.283 e. The van der Waals surface area contributed by atoms with Crippen molar-refractivity contribution >= 4 is 17.4 Å². The molecule has 0 atom stereocenters. The van der Waals surface area contributed by atoms with E-state index in [1.165, 1.54) is 35.9 Å². The summed E-state index contributed by atoms with van der Waals surface area (Å²) in [6, 6.07) is 14.9. The van der Waals surface area contributed by atoms with Crippen molar-refractivity contribution in [3.05, 3.63) is 97.8 Å². The van der Waals surface area contributed by atoms with Gasteiger partial charge in [0.2, 0.25) is 0 Å². The van der Waals surface area contributed by atoms with Gasteiger partial charge in [0.25, 0.3) is 11.2 Å². The molecule has 1 fully saturated rings. The molecule has 35 heavy (non-hydrogen) atoms. The van der Waals surface area contributed by atoms with E-state index >= 15 is 0 Å². The standard InChI is InChI=1S/C28H29N3O3S/c1-19(2)17-30-26(32)24-25(29-27(30)35-18-20-10-12-22(13-11-20)31(33)34)23-9-5-4-8-21(23)16-28(24)14-6-3-7-15-28/h4-5,8-13H,1,3,6-7,14-18H2,2H3. The fourth-order valence-corrected chi connectivity index (χ4v) is 6.55. The summed E-state index contributed by atoms with van der Waals surface area (Å²) >= 11 is 1.49. The van der Waals surface area contributed by atoms with Crippen LogP contribution in [0.25, 0.3) is 11.3 Å². The minimum Gasteiger partial charge on any atom is -0.283 e. The van der Waals surface area contributed by atoms with Crippen LogP contribution in [-0.2, 0) is 24.1 Å². The minimum absolute atomic E-state index is 0.0561. The molecule has 0 radical (unpaired) electrons. The Morgan fingerprint density at radius 2 is 1.86 bits per heavy atom. The van der Waals surface area contributed by atoms with Gasteiger partial charge in [-0.1, -0.05) is 79.6 Å². The van der Waals surface area contributed by atoms with Crippen LogP contribution >= 0.6 is 11.8 Å². The summed E-state index contributed by atoms with van der Waals surface area (Å²) in [6.45, 7) is 6.43. The summed E-state index contributed by atoms with van der Waals surface area (Å²) in [7, 11) is 0. The molecule has 0 unspecified atom stereocenters. The van der Waals surface area contributed by atoms with E-state index in [1.807, 2.05) is 13.0 Å². The average molecular weight is 488 g/mol. The number of nitrogens with zero attached hydrogens (tertiary/aromatic N) is 3. The molecule has 1 aromatic heterocycles. The quantitative estimate of drug-likeness (QED) is 0.131. The molecule has 0 bridgehead atoms. The van der Waals surface area contributed by atoms with Crippen LogP contribution in [0.5, 0.6) is 0 Å². The predicted octanol–water partition coefficient (Wildman–Crippen LogP) is 6.44. The van der Waals surface area contributed by atoms with Gasteiger partial charge in [-0.05, 0) is 37.3 Å². The third-order valence-electron chi connectivity index (χ3n) is 7.22. The molecule has 0 N–H and O–H groups in total. The molecule has 1 heterocycles. The van der Waals surface area contributed by atoms with Crippen molar-refractivity contribution in [1.82, 2.24) is 9.55 Å². The molecule has 2 aromatic carbocycles. The Balaban J connectivity index is 1.61. The van der Waals surface area contributed by atoms with Gasteiger partial charge in [-0.15, -0.1) is 0 Å². The van der Waals surface area contributed by atoms with Crippen LogP contribution in [0.2, 0.25) is 0 Å². The van der Waals surface area contributed by atoms with E-state index in [4.69, 9.17) is 4.98 Å². The van der Waals surface area contributed by atoms with E-state index in [0.717, 1.165) is 60.1 Å². The van der Waals surface area contributed by atoms with Gasteiger partial charge in [-0.2, -0.15) is 0 Å². The zero-order chi connectivity index (χ0) is 24.6. The highest BCUT2D eigenvalue weighted by atomic mass is 32.2. The van der Waals surface area contributed by atoms with Crippen LogP contribution in [0.3, 0.4) is 0 Å². The zero-order valence-corrected chi connectivity index (χ0v) is 20.8. The Morgan fingerprint density at radius 1 is 1.14 bits per heavy atom. The third-order valence-corrected chi connectivity index (χ3v) is 8.27. The Kier molecular flexibility index (Phi) is 6.36. The molecule has 1 spiro atoms. The fourth-order valence-electron chi connectivity index (χ4n) is 5.60. The van der Waals surface area contributed by atoms with Gasteiger partial charge in [-0.3, -0.25) is 19.5 Å². The normalized spacial score (nSPS) is 15.9. The average Bonchev–Trinajstić information content (AvgIpc) is 2.85. The molecule has 2 aliphatic carbocycles. The van der Waals surface area contributed by atoms with E-state index in [-0.39, 0.29) is 16.7 Å². The van der Waals surface area contributed by atoms with Crippen LogP contribution < -0.4 is 5.56 Å². The van der Waals surface area contributed by atoms with Crippen molar-refractivity contribution in [1.29, 1.82) is 0 Å². The Morgan fingerprint density at radius 3 is 2.54 bits per heavy atom. The summed E-state index contributed by atoms with van der Waals surface area (Å²) in [5.41, 5.74) is 5.89. The van der Waals surface area contributed by atoms with Gasteiger partial charge in [0.1, 0.15) is 0 Å². The number of rotatable bonds is 6. The maximum atomic E-state index is 14.2. The molecule has 0 saturated heterocycles. The predicted molar refractivity (Wildman–Crippen MR) is 140 cm³/mol. The Hall–Kier alpha value is -3.19. The zero-order valence-electron chi connectivity index (χ0n) is 20.0. The van der Waals surface area contributed by atoms with Gasteiger partial charge in [0, 0.05) is 35.4 Å². The lowest BCUT2D eigenvalue weighted by Crippen LogP contribution is -2.43. The highest BCUT2D eigenvalue weighted by Crippen LogP contribution is 2.48. The number of aromatic nitrogens is 2. The molecule has 3 aromatic rings. The first-order valence-corrected chi connectivity index (χ1v) is 13.1. The molecule has 5 rings (SSSR count). The van der Waals surface area contributed by atoms with E-state index in [1.54, 1.807) is 16.7 Å². The van der Waals surface area contributed by atoms with E-state index < -0.39 is 4.92 Å². The van der Waals surface area contributed by atoms with E-state index in [2.05, 4.69) is 24.8 Å². The molecular weight excluding hydrogens is 458 g/mol. The monoisotopic (exact) mass is 487 g/mol. The fraction of sp³-hybridized carbons (Fsp3) is 0.357. The molecule has 0 amide bonds. The van der Waals surface area contributed by atoms with Crippen LogP contribution in [0, 0.1) is 10.1 Å². The van der Waals surface area contributed by atoms with Crippen molar-refractivity contribution in [2.75, 3.05) is 0 Å². The highest BCUT2D eigenvalue weighted by Gasteiger charge is 2.43. The van der Waals surface area contributed by atoms with Gasteiger partial charge in [-0.25, -0.2) is 4.98 Å². The van der Waals surface area contributed by atoms with Crippen molar-refractivity contribution in [3.63, 3.8) is 0 Å². The molecule has 1 saturated carbocycles. The second-order valence-corrected chi connectivity index (χ2v) is 10.8. The molecule has 2 aliphatic rings. The van der Waals surface area contributed by atoms with Gasteiger partial charge in [0.05, 0.1) is 16.2 Å². The number of non-ortho nitro benzene ring substituents is 1. The molecule has 180 valence electrons. The lowest BCUT2D eigenvalue weighted by Gasteiger charge is -2.42. The lowest BCUT2D eigenvalue weighted by molar-refractivity contribution is -0.384. The van der Waals surface area contributed by atoms with Crippen LogP contribution in [0.15, 0.2) is 70.6 Å². The van der Waals surface area contributed by atoms with Crippen molar-refractivity contribution in [2.45, 2.75) is 68.3 Å². The van der Waals surface area contributed by atoms with Gasteiger partial charge < -0.3 is 0 Å². The molecule has 6 nitrogen and oxygen atoms in total. The van der Waals surface area contributed by atoms with Crippen LogP contribution in [0.1, 0.15) is 55.7 Å². The number of nitro benzene ring substituents is 1. The summed E-state index contributed by atoms with van der Waals surface area (Å²) in [4.78, 5) is 29.9. The molecule has 0 aliphatic heterocycles. The minimum atomic E-state index is -0.398. The number of thioether (sulfide) groups is 1. The second-order valence-electron chi connectivity index (χ2n) is 9.85. The van der Waals surface area contributed by atoms with Crippen LogP contribution in [0.4, 0.5) is 5.69 Å². The van der Waals surface area contributed by atoms with E-state index in [0.29, 0.717) is 17.5 Å². The smallest absolute Gasteiger partial charge is 0.269 e. The maximum absolute atomic E-state index is 14.2. The number of hydrogen-bond donors (Lipinski definition) is 0. The van der Waals surface area contributed by atoms with Gasteiger partial charge in [0.15, 0.2) is 5.16 Å². The van der Waals surface area contributed by atoms with Gasteiger partial charge >= 0.3 is 0 Å². The third kappa shape index (κ3) is 4.45. The molecular formula is C28H29N3O3S. The number of allylic oxidation sites excluding steroid dienone is 1. The molecule has 7 heteroatoms. The Bertz CT molecular complexity index is 1350. The number of benzene rings is 2. The summed E-state index contributed by atoms with van der Waals surface area (Å²) in [6.07, 6.45) is 6.43. The topological polar surface area (TPSA) is 78.0 Å². The first kappa shape index (κ1) is 23.5. The summed E-state index contributed by atoms with van der Waals surface area (Å²) in [5.74, 6) is 0.562. The van der Waals surface area contributed by atoms with Crippen molar-refractivity contribution in [3.8, 4) is 11.3 Å². The first-order chi connectivity index (χ1) is 16.9. The maximum Gasteiger partial charge on any atom is 0.269 e. The van der Waals surface area contributed by atoms with Crippen LogP contribution in [-0.4, -0.2) is 14.5 Å². The lowest BCUT2D eigenvalue weighted by atomic mass is 9.62. The second kappa shape index (κ2) is 9.46. The SMILES string of the molecule is C=C(C)Cn1c(SCc2ccc([N+](=O)[O-])cc2)nc2c(c1=O)C1(CCCCC1)Cc1ccccc1-2. The van der Waals surface area contributed by atoms with Crippen molar-refractivity contribution in [2.24, 2.45) is 0 Å². The first-order valence-electron chi connectivity index (χ1n) is 12.1.